The number of benzene rings is 1. The number of hydrogen-bond donors (Lipinski definition) is 0. The van der Waals surface area contributed by atoms with Crippen LogP contribution in [0.1, 0.15) is 75.3 Å². The average Bonchev–Trinajstić information content (AvgIpc) is 2.36. The number of rotatable bonds is 4. The summed E-state index contributed by atoms with van der Waals surface area (Å²) in [4.78, 5) is 0. The molecule has 1 aromatic carbocycles. The van der Waals surface area contributed by atoms with Crippen molar-refractivity contribution in [1.82, 2.24) is 0 Å². The second kappa shape index (κ2) is 5.52. The van der Waals surface area contributed by atoms with Crippen LogP contribution >= 0.6 is 0 Å². The molecule has 0 saturated heterocycles. The molecule has 88 valence electrons. The Morgan fingerprint density at radius 3 is 2.25 bits per heavy atom. The molecule has 0 bridgehead atoms. The normalized spacial score (nSPS) is 24.1. The van der Waals surface area contributed by atoms with Gasteiger partial charge in [0.05, 0.1) is 0 Å². The van der Waals surface area contributed by atoms with Gasteiger partial charge in [-0.25, -0.2) is 0 Å². The van der Waals surface area contributed by atoms with Crippen molar-refractivity contribution in [3.05, 3.63) is 35.4 Å². The maximum absolute atomic E-state index is 2.37. The zero-order chi connectivity index (χ0) is 11.4. The van der Waals surface area contributed by atoms with Crippen LogP contribution < -0.4 is 0 Å². The fraction of sp³-hybridized carbons (Fsp3) is 0.625. The van der Waals surface area contributed by atoms with Crippen molar-refractivity contribution in [2.75, 3.05) is 0 Å². The Hall–Kier alpha value is -0.780. The number of hydrogen-bond acceptors (Lipinski definition) is 0. The third kappa shape index (κ3) is 2.31. The summed E-state index contributed by atoms with van der Waals surface area (Å²) in [5.41, 5.74) is 3.31. The molecule has 16 heavy (non-hydrogen) atoms. The molecule has 0 amide bonds. The Morgan fingerprint density at radius 2 is 1.62 bits per heavy atom. The van der Waals surface area contributed by atoms with Crippen molar-refractivity contribution >= 4 is 0 Å². The minimum atomic E-state index is 0.828. The van der Waals surface area contributed by atoms with Crippen LogP contribution in [0.25, 0.3) is 0 Å². The summed E-state index contributed by atoms with van der Waals surface area (Å²) in [6, 6.07) is 9.17. The van der Waals surface area contributed by atoms with E-state index in [2.05, 4.69) is 38.1 Å². The van der Waals surface area contributed by atoms with Crippen LogP contribution in [0.15, 0.2) is 24.3 Å². The molecule has 0 aliphatic heterocycles. The maximum Gasteiger partial charge on any atom is -0.0159 e. The van der Waals surface area contributed by atoms with E-state index in [0.717, 1.165) is 11.8 Å². The fourth-order valence-electron chi connectivity index (χ4n) is 3.14. The summed E-state index contributed by atoms with van der Waals surface area (Å²) in [6.07, 6.45) is 8.23. The van der Waals surface area contributed by atoms with Crippen molar-refractivity contribution in [1.29, 1.82) is 0 Å². The van der Waals surface area contributed by atoms with Crippen molar-refractivity contribution in [3.63, 3.8) is 0 Å². The van der Waals surface area contributed by atoms with Gasteiger partial charge in [-0.1, -0.05) is 51.0 Å². The highest BCUT2D eigenvalue weighted by Crippen LogP contribution is 2.42. The highest BCUT2D eigenvalue weighted by molar-refractivity contribution is 5.35. The zero-order valence-corrected chi connectivity index (χ0v) is 10.7. The lowest BCUT2D eigenvalue weighted by Crippen LogP contribution is -2.14. The fourth-order valence-corrected chi connectivity index (χ4v) is 3.14. The van der Waals surface area contributed by atoms with Crippen molar-refractivity contribution in [3.8, 4) is 0 Å². The lowest BCUT2D eigenvalue weighted by molar-refractivity contribution is 0.446. The average molecular weight is 216 g/mol. The van der Waals surface area contributed by atoms with Crippen molar-refractivity contribution < 1.29 is 0 Å². The van der Waals surface area contributed by atoms with Crippen molar-refractivity contribution in [2.45, 2.75) is 64.2 Å². The summed E-state index contributed by atoms with van der Waals surface area (Å²) >= 11 is 0. The van der Waals surface area contributed by atoms with Crippen LogP contribution in [0, 0.1) is 0 Å². The molecule has 0 spiro atoms. The molecule has 0 aromatic heterocycles. The SMILES string of the molecule is CCCCC1CCC(CC)c2ccccc21. The molecule has 0 saturated carbocycles. The molecule has 1 aromatic rings. The van der Waals surface area contributed by atoms with Gasteiger partial charge in [-0.15, -0.1) is 0 Å². The molecule has 0 heterocycles. The first-order chi connectivity index (χ1) is 7.86. The van der Waals surface area contributed by atoms with E-state index in [9.17, 15) is 0 Å². The molecule has 0 radical (unpaired) electrons. The standard InChI is InChI=1S/C16H24/c1-3-5-8-14-12-11-13(4-2)15-9-6-7-10-16(14)15/h6-7,9-10,13-14H,3-5,8,11-12H2,1-2H3. The van der Waals surface area contributed by atoms with Crippen LogP contribution in [0.2, 0.25) is 0 Å². The van der Waals surface area contributed by atoms with Gasteiger partial charge in [0.1, 0.15) is 0 Å². The molecular formula is C16H24. The molecule has 0 N–H and O–H groups in total. The summed E-state index contributed by atoms with van der Waals surface area (Å²) < 4.78 is 0. The highest BCUT2D eigenvalue weighted by atomic mass is 14.3. The summed E-state index contributed by atoms with van der Waals surface area (Å²) in [7, 11) is 0. The monoisotopic (exact) mass is 216 g/mol. The molecular weight excluding hydrogens is 192 g/mol. The van der Waals surface area contributed by atoms with Gasteiger partial charge in [0.25, 0.3) is 0 Å². The number of unbranched alkanes of at least 4 members (excludes halogenated alkanes) is 1. The lowest BCUT2D eigenvalue weighted by Gasteiger charge is -2.31. The lowest BCUT2D eigenvalue weighted by atomic mass is 9.74. The molecule has 0 heteroatoms. The quantitative estimate of drug-likeness (QED) is 0.645. The summed E-state index contributed by atoms with van der Waals surface area (Å²) in [5, 5.41) is 0. The van der Waals surface area contributed by atoms with Gasteiger partial charge in [-0.2, -0.15) is 0 Å². The van der Waals surface area contributed by atoms with Gasteiger partial charge in [-0.3, -0.25) is 0 Å². The van der Waals surface area contributed by atoms with E-state index in [0.29, 0.717) is 0 Å². The Morgan fingerprint density at radius 1 is 1.00 bits per heavy atom. The topological polar surface area (TPSA) is 0 Å². The van der Waals surface area contributed by atoms with Gasteiger partial charge < -0.3 is 0 Å². The number of fused-ring (bicyclic) bond motifs is 1. The first-order valence-electron chi connectivity index (χ1n) is 6.95. The predicted molar refractivity (Wildman–Crippen MR) is 71.0 cm³/mol. The smallest absolute Gasteiger partial charge is 0.0159 e. The van der Waals surface area contributed by atoms with Gasteiger partial charge in [0, 0.05) is 0 Å². The van der Waals surface area contributed by atoms with Gasteiger partial charge >= 0.3 is 0 Å². The summed E-state index contributed by atoms with van der Waals surface area (Å²) in [5.74, 6) is 1.67. The van der Waals surface area contributed by atoms with Crippen LogP contribution in [0.5, 0.6) is 0 Å². The molecule has 2 atom stereocenters. The molecule has 1 aliphatic carbocycles. The van der Waals surface area contributed by atoms with Gasteiger partial charge in [0.15, 0.2) is 0 Å². The Kier molecular flexibility index (Phi) is 4.04. The minimum absolute atomic E-state index is 0.828. The first kappa shape index (κ1) is 11.7. The van der Waals surface area contributed by atoms with Crippen LogP contribution in [0.3, 0.4) is 0 Å². The van der Waals surface area contributed by atoms with Crippen molar-refractivity contribution in [2.24, 2.45) is 0 Å². The second-order valence-electron chi connectivity index (χ2n) is 5.15. The Balaban J connectivity index is 2.21. The third-order valence-electron chi connectivity index (χ3n) is 4.14. The van der Waals surface area contributed by atoms with E-state index in [4.69, 9.17) is 0 Å². The van der Waals surface area contributed by atoms with Crippen LogP contribution in [-0.2, 0) is 0 Å². The Bertz CT molecular complexity index is 327. The maximum atomic E-state index is 2.37. The Labute approximate surface area is 100 Å². The van der Waals surface area contributed by atoms with Gasteiger partial charge in [-0.05, 0) is 48.6 Å². The van der Waals surface area contributed by atoms with E-state index in [-0.39, 0.29) is 0 Å². The molecule has 0 nitrogen and oxygen atoms in total. The van der Waals surface area contributed by atoms with E-state index in [1.54, 1.807) is 11.1 Å². The first-order valence-corrected chi connectivity index (χ1v) is 6.95. The highest BCUT2D eigenvalue weighted by Gasteiger charge is 2.24. The van der Waals surface area contributed by atoms with E-state index >= 15 is 0 Å². The molecule has 1 aliphatic rings. The largest absolute Gasteiger partial charge is 0.0654 e. The molecule has 2 rings (SSSR count). The predicted octanol–water partition coefficient (Wildman–Crippen LogP) is 5.25. The van der Waals surface area contributed by atoms with Crippen LogP contribution in [-0.4, -0.2) is 0 Å². The second-order valence-corrected chi connectivity index (χ2v) is 5.15. The van der Waals surface area contributed by atoms with Crippen LogP contribution in [0.4, 0.5) is 0 Å². The minimum Gasteiger partial charge on any atom is -0.0654 e. The zero-order valence-electron chi connectivity index (χ0n) is 10.7. The van der Waals surface area contributed by atoms with E-state index < -0.39 is 0 Å². The summed E-state index contributed by atoms with van der Waals surface area (Å²) in [6.45, 7) is 4.62. The van der Waals surface area contributed by atoms with Gasteiger partial charge in [0.2, 0.25) is 0 Å². The molecule has 0 fully saturated rings. The third-order valence-corrected chi connectivity index (χ3v) is 4.14. The van der Waals surface area contributed by atoms with E-state index in [1.165, 1.54) is 38.5 Å². The van der Waals surface area contributed by atoms with E-state index in [1.807, 2.05) is 0 Å². The molecule has 2 unspecified atom stereocenters.